The molecular formula is C16H26N2O. The lowest BCUT2D eigenvalue weighted by Gasteiger charge is -2.35. The number of nitrogens with one attached hydrogen (secondary N) is 1. The summed E-state index contributed by atoms with van der Waals surface area (Å²) in [6.07, 6.45) is 1.48. The molecule has 3 nitrogen and oxygen atoms in total. The van der Waals surface area contributed by atoms with E-state index in [9.17, 15) is 0 Å². The minimum Gasteiger partial charge on any atom is -0.375 e. The van der Waals surface area contributed by atoms with Crippen LogP contribution < -0.4 is 10.2 Å². The average Bonchev–Trinajstić information content (AvgIpc) is 2.45. The maximum atomic E-state index is 5.74. The van der Waals surface area contributed by atoms with Crippen LogP contribution >= 0.6 is 0 Å². The van der Waals surface area contributed by atoms with Gasteiger partial charge in [-0.25, -0.2) is 0 Å². The fourth-order valence-corrected chi connectivity index (χ4v) is 2.64. The molecule has 1 unspecified atom stereocenters. The quantitative estimate of drug-likeness (QED) is 0.883. The number of nitrogens with zero attached hydrogens (tertiary/aromatic N) is 1. The van der Waals surface area contributed by atoms with Crippen LogP contribution in [0.1, 0.15) is 31.4 Å². The number of ether oxygens (including phenoxy) is 1. The molecule has 0 radical (unpaired) electrons. The van der Waals surface area contributed by atoms with Crippen LogP contribution in [0.4, 0.5) is 5.69 Å². The molecule has 1 heterocycles. The number of anilines is 1. The highest BCUT2D eigenvalue weighted by Gasteiger charge is 2.20. The van der Waals surface area contributed by atoms with E-state index in [1.54, 1.807) is 0 Å². The second-order valence-electron chi connectivity index (χ2n) is 5.25. The first kappa shape index (κ1) is 14.4. The molecule has 0 bridgehead atoms. The van der Waals surface area contributed by atoms with Gasteiger partial charge in [0.2, 0.25) is 0 Å². The molecule has 1 aliphatic heterocycles. The predicted molar refractivity (Wildman–Crippen MR) is 80.8 cm³/mol. The third-order valence-electron chi connectivity index (χ3n) is 3.78. The van der Waals surface area contributed by atoms with Gasteiger partial charge in [-0.2, -0.15) is 0 Å². The predicted octanol–water partition coefficient (Wildman–Crippen LogP) is 2.72. The van der Waals surface area contributed by atoms with E-state index in [0.717, 1.165) is 39.2 Å². The monoisotopic (exact) mass is 262 g/mol. The molecule has 1 aromatic carbocycles. The zero-order valence-electron chi connectivity index (χ0n) is 12.4. The molecule has 1 fully saturated rings. The lowest BCUT2D eigenvalue weighted by atomic mass is 10.1. The summed E-state index contributed by atoms with van der Waals surface area (Å²) in [5, 5.41) is 3.37. The van der Waals surface area contributed by atoms with Gasteiger partial charge in [-0.3, -0.25) is 0 Å². The van der Waals surface area contributed by atoms with Crippen LogP contribution in [0, 0.1) is 6.92 Å². The van der Waals surface area contributed by atoms with Crippen molar-refractivity contribution in [2.24, 2.45) is 0 Å². The molecule has 1 atom stereocenters. The molecule has 106 valence electrons. The van der Waals surface area contributed by atoms with Crippen LogP contribution in [0.2, 0.25) is 0 Å². The summed E-state index contributed by atoms with van der Waals surface area (Å²) >= 11 is 0. The number of morpholine rings is 1. The van der Waals surface area contributed by atoms with Crippen LogP contribution in [0.5, 0.6) is 0 Å². The summed E-state index contributed by atoms with van der Waals surface area (Å²) in [4.78, 5) is 2.46. The number of hydrogen-bond donors (Lipinski definition) is 1. The largest absolute Gasteiger partial charge is 0.375 e. The normalized spacial score (nSPS) is 19.7. The Morgan fingerprint density at radius 2 is 2.21 bits per heavy atom. The molecule has 0 aromatic heterocycles. The summed E-state index contributed by atoms with van der Waals surface area (Å²) in [5.74, 6) is 0. The summed E-state index contributed by atoms with van der Waals surface area (Å²) in [6.45, 7) is 11.4. The lowest BCUT2D eigenvalue weighted by Crippen LogP contribution is -2.42. The van der Waals surface area contributed by atoms with Gasteiger partial charge in [-0.05, 0) is 37.1 Å². The van der Waals surface area contributed by atoms with Gasteiger partial charge in [0.05, 0.1) is 12.7 Å². The fraction of sp³-hybridized carbons (Fsp3) is 0.625. The van der Waals surface area contributed by atoms with Crippen molar-refractivity contribution in [2.45, 2.75) is 39.8 Å². The molecule has 19 heavy (non-hydrogen) atoms. The minimum absolute atomic E-state index is 0.384. The smallest absolute Gasteiger partial charge is 0.0748 e. The molecule has 1 aromatic rings. The van der Waals surface area contributed by atoms with Crippen molar-refractivity contribution in [3.8, 4) is 0 Å². The van der Waals surface area contributed by atoms with Gasteiger partial charge in [0.15, 0.2) is 0 Å². The van der Waals surface area contributed by atoms with Gasteiger partial charge in [0.1, 0.15) is 0 Å². The Kier molecular flexibility index (Phi) is 5.23. The first-order valence-corrected chi connectivity index (χ1v) is 7.41. The van der Waals surface area contributed by atoms with Gasteiger partial charge >= 0.3 is 0 Å². The second kappa shape index (κ2) is 6.92. The van der Waals surface area contributed by atoms with Crippen LogP contribution in [-0.2, 0) is 11.3 Å². The second-order valence-corrected chi connectivity index (χ2v) is 5.25. The average molecular weight is 262 g/mol. The summed E-state index contributed by atoms with van der Waals surface area (Å²) < 4.78 is 5.74. The molecule has 3 heteroatoms. The van der Waals surface area contributed by atoms with E-state index in [1.807, 2.05) is 0 Å². The summed E-state index contributed by atoms with van der Waals surface area (Å²) in [5.41, 5.74) is 4.09. The topological polar surface area (TPSA) is 24.5 Å². The van der Waals surface area contributed by atoms with E-state index in [2.05, 4.69) is 49.2 Å². The van der Waals surface area contributed by atoms with Crippen LogP contribution in [0.15, 0.2) is 18.2 Å². The molecular weight excluding hydrogens is 236 g/mol. The van der Waals surface area contributed by atoms with Crippen LogP contribution in [-0.4, -0.2) is 32.3 Å². The van der Waals surface area contributed by atoms with Gasteiger partial charge in [0.25, 0.3) is 0 Å². The first-order valence-electron chi connectivity index (χ1n) is 7.41. The molecule has 1 aliphatic rings. The van der Waals surface area contributed by atoms with Crippen molar-refractivity contribution in [2.75, 3.05) is 31.1 Å². The fourth-order valence-electron chi connectivity index (χ4n) is 2.64. The first-order chi connectivity index (χ1) is 9.24. The zero-order chi connectivity index (χ0) is 13.7. The maximum absolute atomic E-state index is 5.74. The number of rotatable bonds is 5. The van der Waals surface area contributed by atoms with Crippen molar-refractivity contribution in [3.05, 3.63) is 29.3 Å². The number of aryl methyl sites for hydroxylation is 1. The highest BCUT2D eigenvalue weighted by atomic mass is 16.5. The summed E-state index contributed by atoms with van der Waals surface area (Å²) in [6, 6.07) is 6.80. The van der Waals surface area contributed by atoms with Crippen molar-refractivity contribution in [3.63, 3.8) is 0 Å². The number of hydrogen-bond acceptors (Lipinski definition) is 3. The highest BCUT2D eigenvalue weighted by molar-refractivity contribution is 5.54. The molecule has 0 amide bonds. The summed E-state index contributed by atoms with van der Waals surface area (Å²) in [7, 11) is 0. The van der Waals surface area contributed by atoms with Crippen LogP contribution in [0.25, 0.3) is 0 Å². The Morgan fingerprint density at radius 3 is 2.89 bits per heavy atom. The molecule has 2 rings (SSSR count). The minimum atomic E-state index is 0.384. The Morgan fingerprint density at radius 1 is 1.37 bits per heavy atom. The Hall–Kier alpha value is -1.06. The van der Waals surface area contributed by atoms with Crippen molar-refractivity contribution < 1.29 is 4.74 Å². The standard InChI is InChI=1S/C16H26N2O/c1-4-15-12-18(8-9-19-15)16-7-6-14(10-13(16)3)11-17-5-2/h6-7,10,15,17H,4-5,8-9,11-12H2,1-3H3. The van der Waals surface area contributed by atoms with Crippen LogP contribution in [0.3, 0.4) is 0 Å². The van der Waals surface area contributed by atoms with Gasteiger partial charge in [-0.15, -0.1) is 0 Å². The van der Waals surface area contributed by atoms with Gasteiger partial charge in [0, 0.05) is 25.3 Å². The Labute approximate surface area is 116 Å². The maximum Gasteiger partial charge on any atom is 0.0748 e. The third kappa shape index (κ3) is 3.71. The molecule has 1 saturated heterocycles. The van der Waals surface area contributed by atoms with Gasteiger partial charge < -0.3 is 15.0 Å². The van der Waals surface area contributed by atoms with E-state index >= 15 is 0 Å². The molecule has 0 spiro atoms. The zero-order valence-corrected chi connectivity index (χ0v) is 12.4. The van der Waals surface area contributed by atoms with Crippen molar-refractivity contribution in [1.82, 2.24) is 5.32 Å². The van der Waals surface area contributed by atoms with E-state index in [0.29, 0.717) is 6.10 Å². The molecule has 0 saturated carbocycles. The third-order valence-corrected chi connectivity index (χ3v) is 3.78. The van der Waals surface area contributed by atoms with Crippen molar-refractivity contribution in [1.29, 1.82) is 0 Å². The molecule has 1 N–H and O–H groups in total. The van der Waals surface area contributed by atoms with E-state index in [4.69, 9.17) is 4.74 Å². The van der Waals surface area contributed by atoms with E-state index in [-0.39, 0.29) is 0 Å². The highest BCUT2D eigenvalue weighted by Crippen LogP contribution is 2.24. The Bertz CT molecular complexity index is 406. The SMILES string of the molecule is CCNCc1ccc(N2CCOC(CC)C2)c(C)c1. The van der Waals surface area contributed by atoms with Gasteiger partial charge in [-0.1, -0.05) is 26.0 Å². The van der Waals surface area contributed by atoms with Crippen molar-refractivity contribution >= 4 is 5.69 Å². The Balaban J connectivity index is 2.07. The number of benzene rings is 1. The lowest BCUT2D eigenvalue weighted by molar-refractivity contribution is 0.0384. The molecule has 0 aliphatic carbocycles. The van der Waals surface area contributed by atoms with E-state index in [1.165, 1.54) is 16.8 Å². The van der Waals surface area contributed by atoms with E-state index < -0.39 is 0 Å².